The normalized spacial score (nSPS) is 16.9. The Labute approximate surface area is 84.8 Å². The lowest BCUT2D eigenvalue weighted by Crippen LogP contribution is -2.48. The minimum absolute atomic E-state index is 0.0159. The highest BCUT2D eigenvalue weighted by molar-refractivity contribution is 5.85. The van der Waals surface area contributed by atoms with E-state index in [-0.39, 0.29) is 12.5 Å². The number of aliphatic hydroxyl groups excluding tert-OH is 1. The van der Waals surface area contributed by atoms with E-state index < -0.39 is 5.60 Å². The molecule has 1 aliphatic rings. The maximum absolute atomic E-state index is 12.0. The van der Waals surface area contributed by atoms with Crippen LogP contribution in [0.5, 0.6) is 0 Å². The van der Waals surface area contributed by atoms with Gasteiger partial charge in [0, 0.05) is 19.7 Å². The first-order valence-corrected chi connectivity index (χ1v) is 5.00. The lowest BCUT2D eigenvalue weighted by atomic mass is 10.1. The van der Waals surface area contributed by atoms with Gasteiger partial charge in [0.25, 0.3) is 5.91 Å². The van der Waals surface area contributed by atoms with Crippen LogP contribution in [0.2, 0.25) is 0 Å². The molecule has 1 N–H and O–H groups in total. The van der Waals surface area contributed by atoms with Crippen LogP contribution in [0, 0.1) is 0 Å². The Kier molecular flexibility index (Phi) is 3.50. The summed E-state index contributed by atoms with van der Waals surface area (Å²) in [6, 6.07) is 0.323. The number of methoxy groups -OCH3 is 1. The average molecular weight is 201 g/mol. The van der Waals surface area contributed by atoms with Gasteiger partial charge in [-0.1, -0.05) is 0 Å². The number of hydrogen-bond donors (Lipinski definition) is 1. The zero-order valence-corrected chi connectivity index (χ0v) is 9.12. The molecule has 1 saturated carbocycles. The zero-order valence-electron chi connectivity index (χ0n) is 9.12. The SMILES string of the molecule is COC(C)(C)C(=O)N(CCO)C1CC1. The van der Waals surface area contributed by atoms with Gasteiger partial charge in [-0.15, -0.1) is 0 Å². The third-order valence-electron chi connectivity index (χ3n) is 2.61. The van der Waals surface area contributed by atoms with Crippen LogP contribution in [-0.4, -0.2) is 47.8 Å². The fraction of sp³-hybridized carbons (Fsp3) is 0.900. The van der Waals surface area contributed by atoms with Gasteiger partial charge >= 0.3 is 0 Å². The Bertz CT molecular complexity index is 211. The summed E-state index contributed by atoms with van der Waals surface area (Å²) in [6.07, 6.45) is 2.09. The molecule has 0 spiro atoms. The van der Waals surface area contributed by atoms with Crippen LogP contribution >= 0.6 is 0 Å². The summed E-state index contributed by atoms with van der Waals surface area (Å²) >= 11 is 0. The van der Waals surface area contributed by atoms with Gasteiger partial charge in [0.2, 0.25) is 0 Å². The second-order valence-corrected chi connectivity index (χ2v) is 4.17. The zero-order chi connectivity index (χ0) is 10.8. The van der Waals surface area contributed by atoms with Gasteiger partial charge in [0.05, 0.1) is 6.61 Å². The minimum atomic E-state index is -0.780. The van der Waals surface area contributed by atoms with Crippen molar-refractivity contribution < 1.29 is 14.6 Å². The summed E-state index contributed by atoms with van der Waals surface area (Å²) in [7, 11) is 1.53. The van der Waals surface area contributed by atoms with Gasteiger partial charge in [-0.25, -0.2) is 0 Å². The van der Waals surface area contributed by atoms with Crippen LogP contribution in [0.4, 0.5) is 0 Å². The summed E-state index contributed by atoms with van der Waals surface area (Å²) in [4.78, 5) is 13.7. The number of hydrogen-bond acceptors (Lipinski definition) is 3. The van der Waals surface area contributed by atoms with Gasteiger partial charge in [-0.05, 0) is 26.7 Å². The highest BCUT2D eigenvalue weighted by atomic mass is 16.5. The molecular weight excluding hydrogens is 182 g/mol. The van der Waals surface area contributed by atoms with Crippen LogP contribution < -0.4 is 0 Å². The molecule has 14 heavy (non-hydrogen) atoms. The molecule has 82 valence electrons. The van der Waals surface area contributed by atoms with Crippen molar-refractivity contribution in [3.8, 4) is 0 Å². The van der Waals surface area contributed by atoms with Crippen molar-refractivity contribution in [1.29, 1.82) is 0 Å². The van der Waals surface area contributed by atoms with E-state index in [0.717, 1.165) is 12.8 Å². The van der Waals surface area contributed by atoms with E-state index in [1.54, 1.807) is 18.7 Å². The van der Waals surface area contributed by atoms with E-state index in [1.165, 1.54) is 7.11 Å². The number of carbonyl (C=O) groups is 1. The molecule has 0 unspecified atom stereocenters. The highest BCUT2D eigenvalue weighted by Crippen LogP contribution is 2.29. The minimum Gasteiger partial charge on any atom is -0.395 e. The fourth-order valence-corrected chi connectivity index (χ4v) is 1.38. The third-order valence-corrected chi connectivity index (χ3v) is 2.61. The van der Waals surface area contributed by atoms with Crippen LogP contribution in [0.15, 0.2) is 0 Å². The highest BCUT2D eigenvalue weighted by Gasteiger charge is 2.39. The maximum Gasteiger partial charge on any atom is 0.254 e. The Morgan fingerprint density at radius 3 is 2.50 bits per heavy atom. The smallest absolute Gasteiger partial charge is 0.254 e. The quantitative estimate of drug-likeness (QED) is 0.700. The Hall–Kier alpha value is -0.610. The summed E-state index contributed by atoms with van der Waals surface area (Å²) in [5, 5.41) is 8.87. The Morgan fingerprint density at radius 1 is 1.57 bits per heavy atom. The number of nitrogens with zero attached hydrogens (tertiary/aromatic N) is 1. The van der Waals surface area contributed by atoms with Crippen molar-refractivity contribution >= 4 is 5.91 Å². The van der Waals surface area contributed by atoms with Crippen molar-refractivity contribution in [1.82, 2.24) is 4.90 Å². The molecule has 0 atom stereocenters. The molecule has 0 aromatic carbocycles. The van der Waals surface area contributed by atoms with Crippen molar-refractivity contribution in [3.63, 3.8) is 0 Å². The van der Waals surface area contributed by atoms with Crippen LogP contribution in [0.25, 0.3) is 0 Å². The molecule has 0 saturated heterocycles. The molecule has 0 bridgehead atoms. The third kappa shape index (κ3) is 2.45. The molecule has 1 amide bonds. The summed E-state index contributed by atoms with van der Waals surface area (Å²) in [5.41, 5.74) is -0.780. The lowest BCUT2D eigenvalue weighted by molar-refractivity contribution is -0.152. The van der Waals surface area contributed by atoms with Crippen LogP contribution in [-0.2, 0) is 9.53 Å². The van der Waals surface area contributed by atoms with E-state index >= 15 is 0 Å². The number of ether oxygens (including phenoxy) is 1. The Balaban J connectivity index is 2.62. The maximum atomic E-state index is 12.0. The summed E-state index contributed by atoms with van der Waals surface area (Å²) in [6.45, 7) is 3.93. The van der Waals surface area contributed by atoms with E-state index in [1.807, 2.05) is 0 Å². The van der Waals surface area contributed by atoms with E-state index in [9.17, 15) is 4.79 Å². The molecule has 0 aromatic rings. The van der Waals surface area contributed by atoms with Crippen LogP contribution in [0.3, 0.4) is 0 Å². The van der Waals surface area contributed by atoms with Gasteiger partial charge in [0.15, 0.2) is 0 Å². The molecule has 0 radical (unpaired) electrons. The number of aliphatic hydroxyl groups is 1. The topological polar surface area (TPSA) is 49.8 Å². The molecule has 4 heteroatoms. The van der Waals surface area contributed by atoms with Crippen molar-refractivity contribution in [3.05, 3.63) is 0 Å². The van der Waals surface area contributed by atoms with Gasteiger partial charge < -0.3 is 14.7 Å². The predicted molar refractivity (Wildman–Crippen MR) is 52.9 cm³/mol. The van der Waals surface area contributed by atoms with Crippen molar-refractivity contribution in [2.75, 3.05) is 20.3 Å². The van der Waals surface area contributed by atoms with E-state index in [4.69, 9.17) is 9.84 Å². The second-order valence-electron chi connectivity index (χ2n) is 4.17. The average Bonchev–Trinajstić information content (AvgIpc) is 2.96. The standard InChI is InChI=1S/C10H19NO3/c1-10(2,14-3)9(13)11(6-7-12)8-4-5-8/h8,12H,4-7H2,1-3H3. The first-order chi connectivity index (χ1) is 6.53. The molecule has 0 heterocycles. The summed E-state index contributed by atoms with van der Waals surface area (Å²) in [5.74, 6) is -0.0310. The van der Waals surface area contributed by atoms with Gasteiger partial charge in [0.1, 0.15) is 5.60 Å². The monoisotopic (exact) mass is 201 g/mol. The lowest BCUT2D eigenvalue weighted by Gasteiger charge is -2.30. The van der Waals surface area contributed by atoms with Gasteiger partial charge in [-0.3, -0.25) is 4.79 Å². The first-order valence-electron chi connectivity index (χ1n) is 5.00. The number of amides is 1. The van der Waals surface area contributed by atoms with Crippen LogP contribution in [0.1, 0.15) is 26.7 Å². The molecular formula is C10H19NO3. The van der Waals surface area contributed by atoms with Gasteiger partial charge in [-0.2, -0.15) is 0 Å². The molecule has 4 nitrogen and oxygen atoms in total. The number of rotatable bonds is 5. The molecule has 0 aliphatic heterocycles. The first kappa shape index (κ1) is 11.5. The van der Waals surface area contributed by atoms with E-state index in [2.05, 4.69) is 0 Å². The second kappa shape index (κ2) is 4.28. The molecule has 1 aliphatic carbocycles. The fourth-order valence-electron chi connectivity index (χ4n) is 1.38. The molecule has 1 rings (SSSR count). The van der Waals surface area contributed by atoms with E-state index in [0.29, 0.717) is 12.6 Å². The van der Waals surface area contributed by atoms with Crippen molar-refractivity contribution in [2.24, 2.45) is 0 Å². The molecule has 1 fully saturated rings. The Morgan fingerprint density at radius 2 is 2.14 bits per heavy atom. The number of carbonyl (C=O) groups excluding carboxylic acids is 1. The predicted octanol–water partition coefficient (Wildman–Crippen LogP) is 0.395. The summed E-state index contributed by atoms with van der Waals surface area (Å²) < 4.78 is 5.13. The largest absolute Gasteiger partial charge is 0.395 e. The van der Waals surface area contributed by atoms with Crippen molar-refractivity contribution in [2.45, 2.75) is 38.3 Å². The molecule has 0 aromatic heterocycles.